The van der Waals surface area contributed by atoms with Crippen LogP contribution in [0.2, 0.25) is 0 Å². The highest BCUT2D eigenvalue weighted by atomic mass is 16.5. The Labute approximate surface area is 116 Å². The SMILES string of the molecule is COC(=O)[C@@H](NC(=O)c1cn(C2CNC2)nn1)C(C)C. The number of amides is 1. The van der Waals surface area contributed by atoms with Gasteiger partial charge in [0.05, 0.1) is 19.3 Å². The first-order valence-corrected chi connectivity index (χ1v) is 6.54. The third kappa shape index (κ3) is 2.96. The van der Waals surface area contributed by atoms with Gasteiger partial charge in [-0.3, -0.25) is 4.79 Å². The van der Waals surface area contributed by atoms with Crippen LogP contribution in [0.4, 0.5) is 0 Å². The number of hydrogen-bond donors (Lipinski definition) is 2. The highest BCUT2D eigenvalue weighted by Gasteiger charge is 2.27. The summed E-state index contributed by atoms with van der Waals surface area (Å²) < 4.78 is 6.34. The minimum absolute atomic E-state index is 0.0720. The van der Waals surface area contributed by atoms with Crippen LogP contribution < -0.4 is 10.6 Å². The maximum absolute atomic E-state index is 12.1. The minimum Gasteiger partial charge on any atom is -0.467 e. The molecule has 20 heavy (non-hydrogen) atoms. The second kappa shape index (κ2) is 6.00. The summed E-state index contributed by atoms with van der Waals surface area (Å²) in [4.78, 5) is 23.7. The molecule has 0 aliphatic carbocycles. The van der Waals surface area contributed by atoms with Crippen molar-refractivity contribution < 1.29 is 14.3 Å². The van der Waals surface area contributed by atoms with E-state index in [-0.39, 0.29) is 17.7 Å². The molecule has 1 aromatic heterocycles. The van der Waals surface area contributed by atoms with Crippen LogP contribution >= 0.6 is 0 Å². The number of rotatable bonds is 5. The Hall–Kier alpha value is -1.96. The molecule has 1 aliphatic rings. The van der Waals surface area contributed by atoms with E-state index in [9.17, 15) is 9.59 Å². The lowest BCUT2D eigenvalue weighted by Crippen LogP contribution is -2.45. The Bertz CT molecular complexity index is 495. The maximum atomic E-state index is 12.1. The van der Waals surface area contributed by atoms with Crippen molar-refractivity contribution in [3.63, 3.8) is 0 Å². The van der Waals surface area contributed by atoms with Crippen LogP contribution in [0.5, 0.6) is 0 Å². The van der Waals surface area contributed by atoms with E-state index in [1.165, 1.54) is 7.11 Å². The number of ether oxygens (including phenoxy) is 1. The van der Waals surface area contributed by atoms with Gasteiger partial charge in [-0.25, -0.2) is 9.48 Å². The van der Waals surface area contributed by atoms with Crippen molar-refractivity contribution in [2.24, 2.45) is 5.92 Å². The molecule has 0 saturated carbocycles. The molecule has 1 amide bonds. The Morgan fingerprint density at radius 1 is 1.50 bits per heavy atom. The molecule has 1 aliphatic heterocycles. The summed E-state index contributed by atoms with van der Waals surface area (Å²) in [5, 5.41) is 13.5. The molecule has 110 valence electrons. The van der Waals surface area contributed by atoms with Crippen molar-refractivity contribution in [2.75, 3.05) is 20.2 Å². The zero-order valence-electron chi connectivity index (χ0n) is 11.8. The molecule has 0 spiro atoms. The molecule has 1 fully saturated rings. The Morgan fingerprint density at radius 3 is 2.70 bits per heavy atom. The van der Waals surface area contributed by atoms with Gasteiger partial charge in [-0.05, 0) is 5.92 Å². The number of nitrogens with zero attached hydrogens (tertiary/aromatic N) is 3. The molecule has 0 aromatic carbocycles. The average Bonchev–Trinajstić information content (AvgIpc) is 2.81. The van der Waals surface area contributed by atoms with E-state index < -0.39 is 17.9 Å². The first kappa shape index (κ1) is 14.4. The largest absolute Gasteiger partial charge is 0.467 e. The van der Waals surface area contributed by atoms with Gasteiger partial charge < -0.3 is 15.4 Å². The molecule has 0 unspecified atom stereocenters. The normalized spacial score (nSPS) is 16.6. The topological polar surface area (TPSA) is 98.1 Å². The van der Waals surface area contributed by atoms with Crippen molar-refractivity contribution in [2.45, 2.75) is 25.9 Å². The number of esters is 1. The highest BCUT2D eigenvalue weighted by molar-refractivity contribution is 5.94. The van der Waals surface area contributed by atoms with E-state index in [0.717, 1.165) is 13.1 Å². The summed E-state index contributed by atoms with van der Waals surface area (Å²) in [5.74, 6) is -0.964. The molecule has 0 radical (unpaired) electrons. The molecule has 2 rings (SSSR count). The molecule has 8 heteroatoms. The molecular formula is C12H19N5O3. The summed E-state index contributed by atoms with van der Waals surface area (Å²) in [7, 11) is 1.30. The van der Waals surface area contributed by atoms with Crippen molar-refractivity contribution in [3.05, 3.63) is 11.9 Å². The van der Waals surface area contributed by atoms with Crippen molar-refractivity contribution in [3.8, 4) is 0 Å². The molecule has 2 heterocycles. The second-order valence-corrected chi connectivity index (χ2v) is 5.11. The van der Waals surface area contributed by atoms with Gasteiger partial charge in [-0.1, -0.05) is 19.1 Å². The van der Waals surface area contributed by atoms with Crippen LogP contribution in [0.15, 0.2) is 6.20 Å². The van der Waals surface area contributed by atoms with Crippen LogP contribution in [0.1, 0.15) is 30.4 Å². The smallest absolute Gasteiger partial charge is 0.328 e. The number of hydrogen-bond acceptors (Lipinski definition) is 6. The third-order valence-corrected chi connectivity index (χ3v) is 3.29. The lowest BCUT2D eigenvalue weighted by molar-refractivity contribution is -0.144. The fourth-order valence-electron chi connectivity index (χ4n) is 1.86. The first-order valence-electron chi connectivity index (χ1n) is 6.54. The maximum Gasteiger partial charge on any atom is 0.328 e. The van der Waals surface area contributed by atoms with Gasteiger partial charge in [0.15, 0.2) is 5.69 Å². The van der Waals surface area contributed by atoms with Crippen molar-refractivity contribution in [1.82, 2.24) is 25.6 Å². The number of methoxy groups -OCH3 is 1. The standard InChI is InChI=1S/C12H19N5O3/c1-7(2)10(12(19)20-3)14-11(18)9-6-17(16-15-9)8-4-13-5-8/h6-8,10,13H,4-5H2,1-3H3,(H,14,18)/t10-/m0/s1. The second-order valence-electron chi connectivity index (χ2n) is 5.11. The predicted molar refractivity (Wildman–Crippen MR) is 70.0 cm³/mol. The van der Waals surface area contributed by atoms with Crippen LogP contribution in [0.3, 0.4) is 0 Å². The van der Waals surface area contributed by atoms with Gasteiger partial charge in [-0.15, -0.1) is 5.10 Å². The third-order valence-electron chi connectivity index (χ3n) is 3.29. The van der Waals surface area contributed by atoms with Crippen LogP contribution in [0, 0.1) is 5.92 Å². The van der Waals surface area contributed by atoms with Gasteiger partial charge in [0.1, 0.15) is 6.04 Å². The molecular weight excluding hydrogens is 262 g/mol. The molecule has 1 atom stereocenters. The van der Waals surface area contributed by atoms with Gasteiger partial charge in [0, 0.05) is 13.1 Å². The summed E-state index contributed by atoms with van der Waals surface area (Å²) in [6.07, 6.45) is 1.59. The van der Waals surface area contributed by atoms with E-state index >= 15 is 0 Å². The van der Waals surface area contributed by atoms with E-state index in [4.69, 9.17) is 0 Å². The van der Waals surface area contributed by atoms with Crippen LogP contribution in [-0.2, 0) is 9.53 Å². The lowest BCUT2D eigenvalue weighted by atomic mass is 10.0. The van der Waals surface area contributed by atoms with Gasteiger partial charge in [-0.2, -0.15) is 0 Å². The van der Waals surface area contributed by atoms with Gasteiger partial charge in [0.25, 0.3) is 5.91 Å². The number of carbonyl (C=O) groups excluding carboxylic acids is 2. The first-order chi connectivity index (χ1) is 9.52. The summed E-state index contributed by atoms with van der Waals surface area (Å²) >= 11 is 0. The number of carbonyl (C=O) groups is 2. The summed E-state index contributed by atoms with van der Waals surface area (Å²) in [5.41, 5.74) is 0.200. The van der Waals surface area contributed by atoms with E-state index in [0.29, 0.717) is 0 Å². The Kier molecular flexibility index (Phi) is 4.33. The molecule has 1 saturated heterocycles. The van der Waals surface area contributed by atoms with Gasteiger partial charge in [0.2, 0.25) is 0 Å². The monoisotopic (exact) mass is 281 g/mol. The predicted octanol–water partition coefficient (Wildman–Crippen LogP) is -0.650. The zero-order valence-corrected chi connectivity index (χ0v) is 11.8. The van der Waals surface area contributed by atoms with Gasteiger partial charge >= 0.3 is 5.97 Å². The van der Waals surface area contributed by atoms with Crippen LogP contribution in [0.25, 0.3) is 0 Å². The van der Waals surface area contributed by atoms with E-state index in [2.05, 4.69) is 25.7 Å². The molecule has 0 bridgehead atoms. The molecule has 8 nitrogen and oxygen atoms in total. The lowest BCUT2D eigenvalue weighted by Gasteiger charge is -2.26. The fraction of sp³-hybridized carbons (Fsp3) is 0.667. The average molecular weight is 281 g/mol. The molecule has 1 aromatic rings. The summed E-state index contributed by atoms with van der Waals surface area (Å²) in [6.45, 7) is 5.31. The summed E-state index contributed by atoms with van der Waals surface area (Å²) in [6, 6.07) is -0.450. The molecule has 2 N–H and O–H groups in total. The van der Waals surface area contributed by atoms with E-state index in [1.807, 2.05) is 13.8 Å². The number of nitrogens with one attached hydrogen (secondary N) is 2. The zero-order chi connectivity index (χ0) is 14.7. The minimum atomic E-state index is -0.692. The number of aromatic nitrogens is 3. The Balaban J connectivity index is 2.02. The van der Waals surface area contributed by atoms with Crippen molar-refractivity contribution >= 4 is 11.9 Å². The van der Waals surface area contributed by atoms with Crippen LogP contribution in [-0.4, -0.2) is 53.1 Å². The highest BCUT2D eigenvalue weighted by Crippen LogP contribution is 2.10. The van der Waals surface area contributed by atoms with Crippen molar-refractivity contribution in [1.29, 1.82) is 0 Å². The quantitative estimate of drug-likeness (QED) is 0.696. The fourth-order valence-corrected chi connectivity index (χ4v) is 1.86. The Morgan fingerprint density at radius 2 is 2.20 bits per heavy atom. The van der Waals surface area contributed by atoms with E-state index in [1.54, 1.807) is 10.9 Å².